The smallest absolute Gasteiger partial charge is 0.229 e. The molecule has 2 N–H and O–H groups in total. The first-order valence-electron chi connectivity index (χ1n) is 4.03. The normalized spacial score (nSPS) is 19.8. The molecule has 1 aliphatic rings. The van der Waals surface area contributed by atoms with Gasteiger partial charge in [0.2, 0.25) is 11.6 Å². The van der Waals surface area contributed by atoms with Crippen LogP contribution >= 0.6 is 0 Å². The summed E-state index contributed by atoms with van der Waals surface area (Å²) in [5.74, 6) is -1.57. The van der Waals surface area contributed by atoms with Gasteiger partial charge in [-0.3, -0.25) is 9.59 Å². The van der Waals surface area contributed by atoms with Crippen molar-refractivity contribution < 1.29 is 19.8 Å². The molecule has 0 aromatic carbocycles. The molecule has 4 nitrogen and oxygen atoms in total. The van der Waals surface area contributed by atoms with Gasteiger partial charge in [0.1, 0.15) is 6.10 Å². The van der Waals surface area contributed by atoms with Crippen molar-refractivity contribution in [2.45, 2.75) is 25.4 Å². The lowest BCUT2D eigenvalue weighted by molar-refractivity contribution is -0.146. The Balaban J connectivity index is 2.45. The number of Topliss-reactive ketones (excluding diaryl/α,β-unsaturated/α-hetero) is 2. The van der Waals surface area contributed by atoms with Crippen molar-refractivity contribution in [3.8, 4) is 0 Å². The van der Waals surface area contributed by atoms with E-state index in [4.69, 9.17) is 10.2 Å². The van der Waals surface area contributed by atoms with Gasteiger partial charge < -0.3 is 10.2 Å². The van der Waals surface area contributed by atoms with Crippen LogP contribution in [0.15, 0.2) is 0 Å². The van der Waals surface area contributed by atoms with Crippen molar-refractivity contribution >= 4 is 11.6 Å². The Morgan fingerprint density at radius 2 is 2.00 bits per heavy atom. The van der Waals surface area contributed by atoms with Crippen LogP contribution in [0.3, 0.4) is 0 Å². The zero-order valence-corrected chi connectivity index (χ0v) is 6.69. The topological polar surface area (TPSA) is 74.6 Å². The highest BCUT2D eigenvalue weighted by molar-refractivity contribution is 6.39. The van der Waals surface area contributed by atoms with Crippen molar-refractivity contribution in [3.63, 3.8) is 0 Å². The van der Waals surface area contributed by atoms with E-state index < -0.39 is 24.3 Å². The minimum absolute atomic E-state index is 0.196. The second-order valence-electron chi connectivity index (χ2n) is 3.05. The molecule has 0 aliphatic heterocycles. The molecule has 1 fully saturated rings. The molecule has 1 unspecified atom stereocenters. The highest BCUT2D eigenvalue weighted by Crippen LogP contribution is 2.27. The fraction of sp³-hybridized carbons (Fsp3) is 0.750. The maximum absolute atomic E-state index is 11.1. The Morgan fingerprint density at radius 3 is 2.33 bits per heavy atom. The molecule has 1 rings (SSSR count). The number of carbonyl (C=O) groups is 2. The van der Waals surface area contributed by atoms with Crippen LogP contribution < -0.4 is 0 Å². The molecule has 1 atom stereocenters. The summed E-state index contributed by atoms with van der Waals surface area (Å²) in [6, 6.07) is 0. The molecule has 0 radical (unpaired) electrons. The number of aliphatic hydroxyl groups excluding tert-OH is 2. The van der Waals surface area contributed by atoms with E-state index in [0.717, 1.165) is 19.3 Å². The number of ketones is 2. The number of hydrogen-bond acceptors (Lipinski definition) is 4. The largest absolute Gasteiger partial charge is 0.393 e. The van der Waals surface area contributed by atoms with Crippen LogP contribution in [0.1, 0.15) is 19.3 Å². The minimum Gasteiger partial charge on any atom is -0.393 e. The Bertz CT molecular complexity index is 180. The zero-order valence-electron chi connectivity index (χ0n) is 6.69. The second-order valence-corrected chi connectivity index (χ2v) is 3.05. The van der Waals surface area contributed by atoms with E-state index in [1.54, 1.807) is 0 Å². The van der Waals surface area contributed by atoms with E-state index in [2.05, 4.69) is 0 Å². The van der Waals surface area contributed by atoms with Gasteiger partial charge in [-0.2, -0.15) is 0 Å². The molecule has 4 heteroatoms. The van der Waals surface area contributed by atoms with Crippen LogP contribution in [-0.4, -0.2) is 34.5 Å². The maximum atomic E-state index is 11.1. The highest BCUT2D eigenvalue weighted by Gasteiger charge is 2.33. The summed E-state index contributed by atoms with van der Waals surface area (Å²) in [5.41, 5.74) is 0. The van der Waals surface area contributed by atoms with Gasteiger partial charge >= 0.3 is 0 Å². The van der Waals surface area contributed by atoms with E-state index >= 15 is 0 Å². The first kappa shape index (κ1) is 9.35. The van der Waals surface area contributed by atoms with Crippen LogP contribution in [-0.2, 0) is 9.59 Å². The van der Waals surface area contributed by atoms with E-state index in [9.17, 15) is 9.59 Å². The summed E-state index contributed by atoms with van der Waals surface area (Å²) >= 11 is 0. The van der Waals surface area contributed by atoms with Gasteiger partial charge in [0.15, 0.2) is 0 Å². The van der Waals surface area contributed by atoms with Crippen molar-refractivity contribution in [1.29, 1.82) is 0 Å². The molecule has 0 heterocycles. The monoisotopic (exact) mass is 172 g/mol. The molecule has 1 aliphatic carbocycles. The second kappa shape index (κ2) is 3.78. The zero-order chi connectivity index (χ0) is 9.14. The molecule has 0 amide bonds. The third-order valence-electron chi connectivity index (χ3n) is 2.19. The summed E-state index contributed by atoms with van der Waals surface area (Å²) in [7, 11) is 0. The average Bonchev–Trinajstić information content (AvgIpc) is 1.98. The standard InChI is InChI=1S/C8H12O4/c9-4-6(10)8(12)7(11)5-2-1-3-5/h5-6,9-10H,1-4H2. The third kappa shape index (κ3) is 1.70. The first-order chi connectivity index (χ1) is 5.66. The van der Waals surface area contributed by atoms with Gasteiger partial charge in [-0.15, -0.1) is 0 Å². The van der Waals surface area contributed by atoms with Gasteiger partial charge in [-0.1, -0.05) is 6.42 Å². The SMILES string of the molecule is O=C(C(=O)C1CCC1)C(O)CO. The van der Waals surface area contributed by atoms with Crippen molar-refractivity contribution in [2.75, 3.05) is 6.61 Å². The van der Waals surface area contributed by atoms with Crippen LogP contribution in [0, 0.1) is 5.92 Å². The fourth-order valence-corrected chi connectivity index (χ4v) is 1.12. The highest BCUT2D eigenvalue weighted by atomic mass is 16.3. The molecular weight excluding hydrogens is 160 g/mol. The van der Waals surface area contributed by atoms with Crippen molar-refractivity contribution in [3.05, 3.63) is 0 Å². The Labute approximate surface area is 70.2 Å². The summed E-state index contributed by atoms with van der Waals surface area (Å²) in [4.78, 5) is 22.1. The van der Waals surface area contributed by atoms with Crippen molar-refractivity contribution in [2.24, 2.45) is 5.92 Å². The number of aliphatic hydroxyl groups is 2. The lowest BCUT2D eigenvalue weighted by Crippen LogP contribution is -2.37. The fourth-order valence-electron chi connectivity index (χ4n) is 1.12. The van der Waals surface area contributed by atoms with E-state index in [0.29, 0.717) is 0 Å². The number of carbonyl (C=O) groups excluding carboxylic acids is 2. The summed E-state index contributed by atoms with van der Waals surface area (Å²) < 4.78 is 0. The average molecular weight is 172 g/mol. The molecule has 0 bridgehead atoms. The molecule has 0 spiro atoms. The minimum atomic E-state index is -1.52. The number of hydrogen-bond donors (Lipinski definition) is 2. The molecule has 12 heavy (non-hydrogen) atoms. The lowest BCUT2D eigenvalue weighted by Gasteiger charge is -2.23. The van der Waals surface area contributed by atoms with Gasteiger partial charge in [-0.05, 0) is 12.8 Å². The quantitative estimate of drug-likeness (QED) is 0.549. The predicted octanol–water partition coefficient (Wildman–Crippen LogP) is -0.722. The molecule has 1 saturated carbocycles. The van der Waals surface area contributed by atoms with E-state index in [1.165, 1.54) is 0 Å². The van der Waals surface area contributed by atoms with Gasteiger partial charge in [0.05, 0.1) is 6.61 Å². The van der Waals surface area contributed by atoms with Gasteiger partial charge in [0, 0.05) is 5.92 Å². The summed E-state index contributed by atoms with van der Waals surface area (Å²) in [5, 5.41) is 17.2. The molecule has 0 aromatic heterocycles. The van der Waals surface area contributed by atoms with Gasteiger partial charge in [0.25, 0.3) is 0 Å². The lowest BCUT2D eigenvalue weighted by atomic mass is 9.80. The van der Waals surface area contributed by atoms with Crippen LogP contribution in [0.25, 0.3) is 0 Å². The van der Waals surface area contributed by atoms with E-state index in [-0.39, 0.29) is 5.92 Å². The summed E-state index contributed by atoms with van der Waals surface area (Å²) in [6.45, 7) is -0.669. The van der Waals surface area contributed by atoms with Crippen LogP contribution in [0.4, 0.5) is 0 Å². The van der Waals surface area contributed by atoms with Crippen molar-refractivity contribution in [1.82, 2.24) is 0 Å². The first-order valence-corrected chi connectivity index (χ1v) is 4.03. The van der Waals surface area contributed by atoms with Crippen LogP contribution in [0.5, 0.6) is 0 Å². The summed E-state index contributed by atoms with van der Waals surface area (Å²) in [6.07, 6.45) is 0.933. The predicted molar refractivity (Wildman–Crippen MR) is 40.4 cm³/mol. The van der Waals surface area contributed by atoms with Gasteiger partial charge in [-0.25, -0.2) is 0 Å². The Morgan fingerprint density at radius 1 is 1.42 bits per heavy atom. The number of rotatable bonds is 4. The maximum Gasteiger partial charge on any atom is 0.229 e. The van der Waals surface area contributed by atoms with Crippen LogP contribution in [0.2, 0.25) is 0 Å². The third-order valence-corrected chi connectivity index (χ3v) is 2.19. The molecule has 0 saturated heterocycles. The molecular formula is C8H12O4. The molecule has 0 aromatic rings. The Hall–Kier alpha value is -0.740. The molecule has 68 valence electrons. The van der Waals surface area contributed by atoms with E-state index in [1.807, 2.05) is 0 Å². The Kier molecular flexibility index (Phi) is 2.94.